The number of aliphatic hydroxyl groups is 1. The second-order valence-corrected chi connectivity index (χ2v) is 13.0. The SMILES string of the molecule is CC1=C(/C=C/C(C)=C/C=C/C(C)=C/C=C/C=C(C)/C=C/C=C(C)/C=C/C2=C(C)CC(O)CC2(C)C)C(C)(C)C=[C-]C1. The summed E-state index contributed by atoms with van der Waals surface area (Å²) in [6.45, 7) is 21.8. The van der Waals surface area contributed by atoms with Crippen molar-refractivity contribution in [2.45, 2.75) is 94.6 Å². The van der Waals surface area contributed by atoms with Crippen molar-refractivity contribution in [2.75, 3.05) is 0 Å². The van der Waals surface area contributed by atoms with Crippen LogP contribution in [0, 0.1) is 16.9 Å². The smallest absolute Gasteiger partial charge is 0.0585 e. The summed E-state index contributed by atoms with van der Waals surface area (Å²) in [6.07, 6.45) is 37.9. The van der Waals surface area contributed by atoms with Crippen LogP contribution in [0.4, 0.5) is 0 Å². The molecular weight excluding hydrogens is 496 g/mol. The zero-order chi connectivity index (χ0) is 30.6. The lowest BCUT2D eigenvalue weighted by molar-refractivity contribution is 0.116. The summed E-state index contributed by atoms with van der Waals surface area (Å²) in [7, 11) is 0. The quantitative estimate of drug-likeness (QED) is 0.212. The van der Waals surface area contributed by atoms with Crippen LogP contribution < -0.4 is 0 Å². The normalized spacial score (nSPS) is 23.1. The summed E-state index contributed by atoms with van der Waals surface area (Å²) in [5.74, 6) is 0. The number of allylic oxidation sites excluding steroid dienone is 23. The molecule has 220 valence electrons. The van der Waals surface area contributed by atoms with Crippen molar-refractivity contribution in [1.29, 1.82) is 0 Å². The zero-order valence-corrected chi connectivity index (χ0v) is 27.3. The fraction of sp³-hybridized carbons (Fsp3) is 0.400. The first-order valence-corrected chi connectivity index (χ1v) is 15.0. The summed E-state index contributed by atoms with van der Waals surface area (Å²) in [5, 5.41) is 10.1. The highest BCUT2D eigenvalue weighted by atomic mass is 16.3. The minimum atomic E-state index is -0.223. The number of hydrogen-bond acceptors (Lipinski definition) is 1. The Morgan fingerprint density at radius 3 is 1.66 bits per heavy atom. The van der Waals surface area contributed by atoms with Crippen molar-refractivity contribution < 1.29 is 5.11 Å². The summed E-state index contributed by atoms with van der Waals surface area (Å²) in [4.78, 5) is 0. The van der Waals surface area contributed by atoms with Gasteiger partial charge in [0.2, 0.25) is 0 Å². The van der Waals surface area contributed by atoms with Gasteiger partial charge in [0.25, 0.3) is 0 Å². The molecule has 41 heavy (non-hydrogen) atoms. The molecule has 2 aliphatic rings. The van der Waals surface area contributed by atoms with Gasteiger partial charge in [0.1, 0.15) is 0 Å². The van der Waals surface area contributed by atoms with Gasteiger partial charge in [0.05, 0.1) is 6.10 Å². The van der Waals surface area contributed by atoms with Gasteiger partial charge in [0.15, 0.2) is 0 Å². The molecule has 0 saturated heterocycles. The Morgan fingerprint density at radius 2 is 1.17 bits per heavy atom. The molecule has 2 aliphatic carbocycles. The van der Waals surface area contributed by atoms with Crippen molar-refractivity contribution in [3.8, 4) is 0 Å². The van der Waals surface area contributed by atoms with E-state index in [0.29, 0.717) is 0 Å². The van der Waals surface area contributed by atoms with E-state index in [-0.39, 0.29) is 16.9 Å². The van der Waals surface area contributed by atoms with Crippen LogP contribution in [0.1, 0.15) is 88.5 Å². The highest BCUT2D eigenvalue weighted by Crippen LogP contribution is 2.41. The van der Waals surface area contributed by atoms with E-state index in [0.717, 1.165) is 19.3 Å². The van der Waals surface area contributed by atoms with Gasteiger partial charge in [-0.15, -0.1) is 0 Å². The first kappa shape index (κ1) is 34.0. The number of hydrogen-bond donors (Lipinski definition) is 1. The third-order valence-corrected chi connectivity index (χ3v) is 7.75. The number of rotatable bonds is 10. The molecule has 0 spiro atoms. The first-order valence-electron chi connectivity index (χ1n) is 15.0. The second kappa shape index (κ2) is 15.7. The van der Waals surface area contributed by atoms with Crippen molar-refractivity contribution in [3.63, 3.8) is 0 Å². The Labute approximate surface area is 251 Å². The molecule has 1 nitrogen and oxygen atoms in total. The Morgan fingerprint density at radius 1 is 0.707 bits per heavy atom. The molecule has 2 rings (SSSR count). The van der Waals surface area contributed by atoms with Crippen LogP contribution in [0.3, 0.4) is 0 Å². The Balaban J connectivity index is 1.90. The highest BCUT2D eigenvalue weighted by Gasteiger charge is 2.31. The fourth-order valence-corrected chi connectivity index (χ4v) is 5.49. The predicted molar refractivity (Wildman–Crippen MR) is 181 cm³/mol. The third kappa shape index (κ3) is 11.7. The van der Waals surface area contributed by atoms with Gasteiger partial charge in [-0.05, 0) is 76.4 Å². The molecule has 1 atom stereocenters. The molecule has 0 bridgehead atoms. The fourth-order valence-electron chi connectivity index (χ4n) is 5.49. The van der Waals surface area contributed by atoms with Crippen LogP contribution in [-0.2, 0) is 0 Å². The molecular formula is C40H53O-. The van der Waals surface area contributed by atoms with Crippen molar-refractivity contribution in [3.05, 3.63) is 142 Å². The minimum absolute atomic E-state index is 0.0101. The van der Waals surface area contributed by atoms with Crippen LogP contribution in [0.5, 0.6) is 0 Å². The van der Waals surface area contributed by atoms with Gasteiger partial charge in [-0.3, -0.25) is 6.08 Å². The number of aliphatic hydroxyl groups excluding tert-OH is 1. The maximum atomic E-state index is 10.1. The topological polar surface area (TPSA) is 20.2 Å². The van der Waals surface area contributed by atoms with E-state index >= 15 is 0 Å². The molecule has 0 radical (unpaired) electrons. The Bertz CT molecular complexity index is 1300. The lowest BCUT2D eigenvalue weighted by atomic mass is 9.71. The van der Waals surface area contributed by atoms with Gasteiger partial charge < -0.3 is 11.2 Å². The molecule has 0 saturated carbocycles. The van der Waals surface area contributed by atoms with E-state index in [1.54, 1.807) is 0 Å². The van der Waals surface area contributed by atoms with Crippen LogP contribution >= 0.6 is 0 Å². The van der Waals surface area contributed by atoms with E-state index in [9.17, 15) is 5.11 Å². The monoisotopic (exact) mass is 549 g/mol. The molecule has 0 fully saturated rings. The summed E-state index contributed by atoms with van der Waals surface area (Å²) >= 11 is 0. The standard InChI is InChI=1S/C40H53O/c1-30(18-13-20-32(3)23-25-37-34(5)22-15-27-39(37,7)8)16-11-12-17-31(2)19-14-21-33(4)24-26-38-35(6)28-36(41)29-40(38,9)10/h11-14,16-21,23-27,36,41H,22,28-29H2,1-10H3/q-1/b12-11+,18-13+,19-14+,25-23+,26-24+,30-16+,31-17+,32-20+,33-21+. The predicted octanol–water partition coefficient (Wildman–Crippen LogP) is 11.2. The summed E-state index contributed by atoms with van der Waals surface area (Å²) < 4.78 is 0. The first-order chi connectivity index (χ1) is 19.2. The van der Waals surface area contributed by atoms with Gasteiger partial charge in [-0.2, -0.15) is 6.42 Å². The zero-order valence-electron chi connectivity index (χ0n) is 27.3. The minimum Gasteiger partial charge on any atom is -0.496 e. The molecule has 1 heteroatoms. The molecule has 0 amide bonds. The molecule has 0 aromatic carbocycles. The van der Waals surface area contributed by atoms with E-state index in [4.69, 9.17) is 0 Å². The van der Waals surface area contributed by atoms with E-state index in [1.807, 2.05) is 0 Å². The van der Waals surface area contributed by atoms with E-state index < -0.39 is 0 Å². The molecule has 0 aromatic heterocycles. The maximum absolute atomic E-state index is 10.1. The Kier molecular flexibility index (Phi) is 13.1. The highest BCUT2D eigenvalue weighted by molar-refractivity contribution is 5.41. The van der Waals surface area contributed by atoms with Gasteiger partial charge >= 0.3 is 0 Å². The molecule has 1 unspecified atom stereocenters. The van der Waals surface area contributed by atoms with Gasteiger partial charge in [-0.25, -0.2) is 0 Å². The Hall–Kier alpha value is -3.16. The average Bonchev–Trinajstić information content (AvgIpc) is 2.84. The van der Waals surface area contributed by atoms with Crippen LogP contribution in [0.2, 0.25) is 0 Å². The van der Waals surface area contributed by atoms with Crippen LogP contribution in [0.25, 0.3) is 0 Å². The third-order valence-electron chi connectivity index (χ3n) is 7.75. The van der Waals surface area contributed by atoms with Crippen molar-refractivity contribution >= 4 is 0 Å². The lowest BCUT2D eigenvalue weighted by Gasteiger charge is -2.35. The van der Waals surface area contributed by atoms with Gasteiger partial charge in [0, 0.05) is 0 Å². The largest absolute Gasteiger partial charge is 0.496 e. The van der Waals surface area contributed by atoms with E-state index in [2.05, 4.69) is 166 Å². The van der Waals surface area contributed by atoms with Crippen LogP contribution in [0.15, 0.2) is 136 Å². The van der Waals surface area contributed by atoms with Crippen molar-refractivity contribution in [1.82, 2.24) is 0 Å². The molecule has 0 aliphatic heterocycles. The summed E-state index contributed by atoms with van der Waals surface area (Å²) in [5.41, 5.74) is 10.3. The average molecular weight is 550 g/mol. The molecule has 1 N–H and O–H groups in total. The molecule has 0 aromatic rings. The van der Waals surface area contributed by atoms with Gasteiger partial charge in [-0.1, -0.05) is 146 Å². The lowest BCUT2D eigenvalue weighted by Crippen LogP contribution is -2.28. The van der Waals surface area contributed by atoms with E-state index in [1.165, 1.54) is 44.6 Å². The molecule has 0 heterocycles. The van der Waals surface area contributed by atoms with Crippen LogP contribution in [-0.4, -0.2) is 11.2 Å². The maximum Gasteiger partial charge on any atom is 0.0585 e. The second-order valence-electron chi connectivity index (χ2n) is 13.0. The summed E-state index contributed by atoms with van der Waals surface area (Å²) in [6, 6.07) is 0. The van der Waals surface area contributed by atoms with Crippen molar-refractivity contribution in [2.24, 2.45) is 10.8 Å².